The molecule has 0 aromatic heterocycles. The maximum atomic E-state index is 10.2. The number of nitrogens with one attached hydrogen (secondary N) is 1. The summed E-state index contributed by atoms with van der Waals surface area (Å²) in [5.41, 5.74) is 10.3. The SMILES string of the molecule is CC.CC(c1ccccc1)N(C)C.CNC1CCc2ccc(O)cc2C1.CO.N[C@H](C=O)c1ccccc1. The number of hydrogen-bond donors (Lipinski definition) is 4. The van der Waals surface area contributed by atoms with Crippen molar-refractivity contribution in [3.63, 3.8) is 0 Å². The lowest BCUT2D eigenvalue weighted by Gasteiger charge is -2.24. The van der Waals surface area contributed by atoms with E-state index in [9.17, 15) is 9.90 Å². The van der Waals surface area contributed by atoms with Gasteiger partial charge in [-0.2, -0.15) is 0 Å². The molecule has 210 valence electrons. The summed E-state index contributed by atoms with van der Waals surface area (Å²) in [4.78, 5) is 12.4. The van der Waals surface area contributed by atoms with Crippen LogP contribution in [0.15, 0.2) is 78.9 Å². The van der Waals surface area contributed by atoms with Gasteiger partial charge in [0.25, 0.3) is 0 Å². The van der Waals surface area contributed by atoms with Crippen molar-refractivity contribution in [3.8, 4) is 5.75 Å². The zero-order valence-corrected chi connectivity index (χ0v) is 24.3. The minimum absolute atomic E-state index is 0.385. The quantitative estimate of drug-likeness (QED) is 0.339. The number of phenolic OH excluding ortho intramolecular Hbond substituents is 1. The van der Waals surface area contributed by atoms with Crippen LogP contribution < -0.4 is 11.1 Å². The van der Waals surface area contributed by atoms with Crippen LogP contribution in [0.1, 0.15) is 61.5 Å². The fraction of sp³-hybridized carbons (Fsp3) is 0.406. The van der Waals surface area contributed by atoms with Crippen LogP contribution in [0.3, 0.4) is 0 Å². The second-order valence-corrected chi connectivity index (χ2v) is 8.80. The summed E-state index contributed by atoms with van der Waals surface area (Å²) in [6.07, 6.45) is 4.10. The summed E-state index contributed by atoms with van der Waals surface area (Å²) >= 11 is 0. The molecule has 2 unspecified atom stereocenters. The molecule has 5 N–H and O–H groups in total. The van der Waals surface area contributed by atoms with Gasteiger partial charge in [0.15, 0.2) is 0 Å². The van der Waals surface area contributed by atoms with Crippen molar-refractivity contribution in [2.24, 2.45) is 5.73 Å². The van der Waals surface area contributed by atoms with Crippen LogP contribution in [-0.2, 0) is 17.6 Å². The number of aliphatic hydroxyl groups is 1. The highest BCUT2D eigenvalue weighted by Crippen LogP contribution is 2.24. The molecule has 0 saturated heterocycles. The highest BCUT2D eigenvalue weighted by molar-refractivity contribution is 5.60. The van der Waals surface area contributed by atoms with Crippen LogP contribution in [0.5, 0.6) is 5.75 Å². The van der Waals surface area contributed by atoms with E-state index in [1.54, 1.807) is 6.07 Å². The van der Waals surface area contributed by atoms with Crippen molar-refractivity contribution in [2.45, 2.75) is 58.2 Å². The number of aliphatic hydroxyl groups excluding tert-OH is 1. The van der Waals surface area contributed by atoms with Gasteiger partial charge < -0.3 is 31.0 Å². The van der Waals surface area contributed by atoms with Crippen molar-refractivity contribution < 1.29 is 15.0 Å². The summed E-state index contributed by atoms with van der Waals surface area (Å²) < 4.78 is 0. The van der Waals surface area contributed by atoms with Crippen molar-refractivity contribution in [2.75, 3.05) is 28.3 Å². The average molecular weight is 524 g/mol. The van der Waals surface area contributed by atoms with Crippen molar-refractivity contribution >= 4 is 6.29 Å². The molecule has 0 amide bonds. The van der Waals surface area contributed by atoms with E-state index >= 15 is 0 Å². The zero-order chi connectivity index (χ0) is 28.9. The molecule has 0 bridgehead atoms. The molecule has 0 aliphatic heterocycles. The molecule has 0 radical (unpaired) electrons. The van der Waals surface area contributed by atoms with Gasteiger partial charge in [0.2, 0.25) is 0 Å². The number of carbonyl (C=O) groups excluding carboxylic acids is 1. The Balaban J connectivity index is 0.000000511. The molecule has 1 aliphatic carbocycles. The van der Waals surface area contributed by atoms with Gasteiger partial charge in [0.05, 0.1) is 6.04 Å². The molecule has 0 spiro atoms. The number of likely N-dealkylation sites (N-methyl/N-ethyl adjacent to an activating group) is 1. The predicted octanol–water partition coefficient (Wildman–Crippen LogP) is 5.30. The minimum Gasteiger partial charge on any atom is -0.508 e. The first-order valence-electron chi connectivity index (χ1n) is 13.3. The van der Waals surface area contributed by atoms with Crippen LogP contribution in [-0.4, -0.2) is 55.7 Å². The standard InChI is InChI=1S/C11H15NO.C10H15N.C8H9NO.C2H6.CH4O/c1-12-10-4-2-8-3-5-11(13)7-9(8)6-10;1-9(11(2)3)10-7-5-4-6-8-10;9-8(6-10)7-4-2-1-3-5-7;2*1-2/h3,5,7,10,12-13H,2,4,6H2,1H3;4-9H,1-3H3;1-6,8H,9H2;1-2H3;2H,1H3/t;;8-;;/m..1../s1. The fourth-order valence-corrected chi connectivity index (χ4v) is 3.77. The molecule has 3 aromatic rings. The number of nitrogens with zero attached hydrogens (tertiary/aromatic N) is 1. The third-order valence-electron chi connectivity index (χ3n) is 6.21. The van der Waals surface area contributed by atoms with Gasteiger partial charge in [0, 0.05) is 19.2 Å². The number of benzene rings is 3. The Hall–Kier alpha value is -3.03. The van der Waals surface area contributed by atoms with Crippen LogP contribution >= 0.6 is 0 Å². The molecule has 3 atom stereocenters. The summed E-state index contributed by atoms with van der Waals surface area (Å²) in [5, 5.41) is 19.6. The highest BCUT2D eigenvalue weighted by Gasteiger charge is 2.16. The van der Waals surface area contributed by atoms with E-state index in [1.165, 1.54) is 23.1 Å². The number of aldehydes is 1. The third-order valence-corrected chi connectivity index (χ3v) is 6.21. The average Bonchev–Trinajstić information content (AvgIpc) is 2.99. The lowest BCUT2D eigenvalue weighted by atomic mass is 9.88. The van der Waals surface area contributed by atoms with Gasteiger partial charge in [-0.1, -0.05) is 80.6 Å². The minimum atomic E-state index is -0.471. The molecule has 0 saturated carbocycles. The van der Waals surface area contributed by atoms with E-state index in [4.69, 9.17) is 10.8 Å². The smallest absolute Gasteiger partial charge is 0.141 e. The second kappa shape index (κ2) is 21.0. The highest BCUT2D eigenvalue weighted by atomic mass is 16.3. The lowest BCUT2D eigenvalue weighted by Crippen LogP contribution is -2.31. The Labute approximate surface area is 230 Å². The van der Waals surface area contributed by atoms with Gasteiger partial charge in [-0.25, -0.2) is 0 Å². The van der Waals surface area contributed by atoms with E-state index in [2.05, 4.69) is 55.5 Å². The van der Waals surface area contributed by atoms with Crippen LogP contribution in [0.2, 0.25) is 0 Å². The first-order valence-corrected chi connectivity index (χ1v) is 13.3. The van der Waals surface area contributed by atoms with Gasteiger partial charge in [-0.3, -0.25) is 0 Å². The maximum absolute atomic E-state index is 10.2. The Bertz CT molecular complexity index is 982. The van der Waals surface area contributed by atoms with E-state index in [1.807, 2.05) is 69.4 Å². The number of nitrogens with two attached hydrogens (primary N) is 1. The lowest BCUT2D eigenvalue weighted by molar-refractivity contribution is -0.109. The van der Waals surface area contributed by atoms with Crippen molar-refractivity contribution in [3.05, 3.63) is 101 Å². The zero-order valence-electron chi connectivity index (χ0n) is 24.3. The van der Waals surface area contributed by atoms with Crippen LogP contribution in [0.25, 0.3) is 0 Å². The van der Waals surface area contributed by atoms with Gasteiger partial charge in [-0.15, -0.1) is 0 Å². The Kier molecular flexibility index (Phi) is 19.3. The Morgan fingerprint density at radius 2 is 1.45 bits per heavy atom. The number of fused-ring (bicyclic) bond motifs is 1. The summed E-state index contributed by atoms with van der Waals surface area (Å²) in [6, 6.07) is 26.1. The first kappa shape index (κ1) is 35.0. The molecular weight excluding hydrogens is 474 g/mol. The number of hydrogen-bond acceptors (Lipinski definition) is 6. The van der Waals surface area contributed by atoms with E-state index < -0.39 is 6.04 Å². The van der Waals surface area contributed by atoms with E-state index in [0.717, 1.165) is 31.8 Å². The molecule has 6 nitrogen and oxygen atoms in total. The number of aryl methyl sites for hydroxylation is 1. The molecule has 3 aromatic carbocycles. The normalized spacial score (nSPS) is 14.7. The number of rotatable bonds is 5. The summed E-state index contributed by atoms with van der Waals surface area (Å²) in [7, 11) is 7.19. The molecule has 0 fully saturated rings. The summed E-state index contributed by atoms with van der Waals surface area (Å²) in [6.45, 7) is 6.20. The molecule has 1 aliphatic rings. The number of carbonyl (C=O) groups is 1. The van der Waals surface area contributed by atoms with Crippen LogP contribution in [0.4, 0.5) is 0 Å². The monoisotopic (exact) mass is 523 g/mol. The predicted molar refractivity (Wildman–Crippen MR) is 160 cm³/mol. The van der Waals surface area contributed by atoms with Gasteiger partial charge in [-0.05, 0) is 81.7 Å². The molecule has 38 heavy (non-hydrogen) atoms. The topological polar surface area (TPSA) is 98.8 Å². The van der Waals surface area contributed by atoms with E-state index in [0.29, 0.717) is 17.8 Å². The van der Waals surface area contributed by atoms with E-state index in [-0.39, 0.29) is 0 Å². The number of aromatic hydroxyl groups is 1. The fourth-order valence-electron chi connectivity index (χ4n) is 3.77. The molecule has 0 heterocycles. The van der Waals surface area contributed by atoms with Gasteiger partial charge in [0.1, 0.15) is 12.0 Å². The number of phenols is 1. The van der Waals surface area contributed by atoms with Crippen LogP contribution in [0, 0.1) is 0 Å². The summed E-state index contributed by atoms with van der Waals surface area (Å²) in [5.74, 6) is 0.385. The molecule has 6 heteroatoms. The third kappa shape index (κ3) is 13.0. The molecule has 4 rings (SSSR count). The van der Waals surface area contributed by atoms with Crippen molar-refractivity contribution in [1.82, 2.24) is 10.2 Å². The van der Waals surface area contributed by atoms with Gasteiger partial charge >= 0.3 is 0 Å². The largest absolute Gasteiger partial charge is 0.508 e. The Morgan fingerprint density at radius 1 is 0.921 bits per heavy atom. The van der Waals surface area contributed by atoms with Crippen molar-refractivity contribution in [1.29, 1.82) is 0 Å². The Morgan fingerprint density at radius 3 is 1.92 bits per heavy atom. The first-order chi connectivity index (χ1) is 18.3. The second-order valence-electron chi connectivity index (χ2n) is 8.80. The molecular formula is C32H49N3O3. The maximum Gasteiger partial charge on any atom is 0.141 e.